The van der Waals surface area contributed by atoms with Crippen molar-refractivity contribution in [3.63, 3.8) is 0 Å². The van der Waals surface area contributed by atoms with Gasteiger partial charge >= 0.3 is 0 Å². The van der Waals surface area contributed by atoms with Crippen LogP contribution in [0.1, 0.15) is 31.2 Å². The molecular weight excluding hydrogens is 260 g/mol. The van der Waals surface area contributed by atoms with Gasteiger partial charge in [-0.05, 0) is 0 Å². The third-order valence-corrected chi connectivity index (χ3v) is 5.55. The number of likely N-dealkylation sites (tertiary alicyclic amines) is 1. The van der Waals surface area contributed by atoms with Gasteiger partial charge in [0.2, 0.25) is 0 Å². The highest BCUT2D eigenvalue weighted by Gasteiger charge is 2.41. The molecule has 2 fully saturated rings. The Bertz CT molecular complexity index is 420. The van der Waals surface area contributed by atoms with Crippen LogP contribution in [0.25, 0.3) is 0 Å². The molecule has 1 N–H and O–H groups in total. The van der Waals surface area contributed by atoms with Crippen LogP contribution in [0.5, 0.6) is 0 Å². The van der Waals surface area contributed by atoms with E-state index in [9.17, 15) is 0 Å². The number of methoxy groups -OCH3 is 1. The molecule has 21 heavy (non-hydrogen) atoms. The fourth-order valence-corrected chi connectivity index (χ4v) is 4.25. The second-order valence-electron chi connectivity index (χ2n) is 6.73. The Balaban J connectivity index is 1.77. The van der Waals surface area contributed by atoms with E-state index in [-0.39, 0.29) is 0 Å². The molecule has 2 saturated heterocycles. The van der Waals surface area contributed by atoms with Gasteiger partial charge in [0, 0.05) is 51.4 Å². The number of piperidine rings is 2. The van der Waals surface area contributed by atoms with Crippen molar-refractivity contribution < 1.29 is 9.22 Å². The van der Waals surface area contributed by atoms with E-state index in [0.717, 1.165) is 6.04 Å². The number of hydrogen-bond donors (Lipinski definition) is 1. The van der Waals surface area contributed by atoms with Crippen LogP contribution in [-0.2, 0) is 11.3 Å². The van der Waals surface area contributed by atoms with E-state index in [4.69, 9.17) is 4.74 Å². The van der Waals surface area contributed by atoms with Crippen molar-refractivity contribution in [2.75, 3.05) is 33.3 Å². The van der Waals surface area contributed by atoms with Crippen molar-refractivity contribution in [3.05, 3.63) is 35.9 Å². The summed E-state index contributed by atoms with van der Waals surface area (Å²) in [6.07, 6.45) is 5.56. The number of benzene rings is 1. The molecule has 3 rings (SSSR count). The Hall–Kier alpha value is -0.900. The highest BCUT2D eigenvalue weighted by molar-refractivity contribution is 5.13. The summed E-state index contributed by atoms with van der Waals surface area (Å²) in [5.74, 6) is 0. The molecular formula is C18H29N2O+. The fourth-order valence-electron chi connectivity index (χ4n) is 4.25. The molecule has 0 unspecified atom stereocenters. The first-order valence-corrected chi connectivity index (χ1v) is 8.46. The van der Waals surface area contributed by atoms with Crippen molar-refractivity contribution in [2.45, 2.75) is 44.4 Å². The molecule has 0 aliphatic carbocycles. The quantitative estimate of drug-likeness (QED) is 0.860. The average molecular weight is 289 g/mol. The first-order chi connectivity index (χ1) is 10.3. The number of hydrogen-bond acceptors (Lipinski definition) is 2. The first kappa shape index (κ1) is 15.0. The zero-order valence-electron chi connectivity index (χ0n) is 13.3. The van der Waals surface area contributed by atoms with Crippen LogP contribution in [0.2, 0.25) is 0 Å². The second kappa shape index (κ2) is 6.91. The zero-order valence-corrected chi connectivity index (χ0v) is 13.3. The zero-order chi connectivity index (χ0) is 14.5. The van der Waals surface area contributed by atoms with E-state index in [1.165, 1.54) is 68.5 Å². The Kier molecular flexibility index (Phi) is 4.94. The van der Waals surface area contributed by atoms with Crippen molar-refractivity contribution in [1.29, 1.82) is 0 Å². The van der Waals surface area contributed by atoms with Gasteiger partial charge in [-0.15, -0.1) is 0 Å². The maximum atomic E-state index is 5.60. The third-order valence-electron chi connectivity index (χ3n) is 5.55. The van der Waals surface area contributed by atoms with Gasteiger partial charge in [0.1, 0.15) is 6.54 Å². The van der Waals surface area contributed by atoms with Gasteiger partial charge in [0.05, 0.1) is 25.2 Å². The lowest BCUT2D eigenvalue weighted by atomic mass is 9.94. The van der Waals surface area contributed by atoms with Gasteiger partial charge in [0.15, 0.2) is 0 Å². The summed E-state index contributed by atoms with van der Waals surface area (Å²) < 4.78 is 6.88. The van der Waals surface area contributed by atoms with E-state index in [1.54, 1.807) is 0 Å². The fraction of sp³-hybridized carbons (Fsp3) is 0.667. The van der Waals surface area contributed by atoms with Crippen LogP contribution >= 0.6 is 0 Å². The predicted molar refractivity (Wildman–Crippen MR) is 86.1 cm³/mol. The third kappa shape index (κ3) is 3.47. The molecule has 2 aliphatic rings. The topological polar surface area (TPSA) is 21.3 Å². The van der Waals surface area contributed by atoms with E-state index < -0.39 is 0 Å². The molecule has 1 aromatic rings. The van der Waals surface area contributed by atoms with E-state index in [1.807, 2.05) is 7.11 Å². The minimum Gasteiger partial charge on any atom is -0.381 e. The van der Waals surface area contributed by atoms with Crippen molar-refractivity contribution in [3.8, 4) is 0 Å². The SMILES string of the molecule is COC1CC[N+](Cc2ccccc2)(C2CCNCC2)CC1. The Morgan fingerprint density at radius 3 is 2.33 bits per heavy atom. The Labute approximate surface area is 128 Å². The van der Waals surface area contributed by atoms with Gasteiger partial charge < -0.3 is 14.5 Å². The summed E-state index contributed by atoms with van der Waals surface area (Å²) in [4.78, 5) is 0. The molecule has 0 bridgehead atoms. The standard InChI is InChI=1S/C18H29N2O/c1-21-18-9-13-20(14-10-18,17-7-11-19-12-8-17)15-16-5-3-2-4-6-16/h2-6,17-19H,7-15H2,1H3/q+1. The lowest BCUT2D eigenvalue weighted by molar-refractivity contribution is -0.969. The highest BCUT2D eigenvalue weighted by Crippen LogP contribution is 2.31. The van der Waals surface area contributed by atoms with E-state index in [0.29, 0.717) is 6.10 Å². The van der Waals surface area contributed by atoms with Crippen LogP contribution in [0.3, 0.4) is 0 Å². The lowest BCUT2D eigenvalue weighted by Crippen LogP contribution is -2.61. The summed E-state index contributed by atoms with van der Waals surface area (Å²) in [6.45, 7) is 6.12. The van der Waals surface area contributed by atoms with Gasteiger partial charge in [-0.3, -0.25) is 0 Å². The van der Waals surface area contributed by atoms with Gasteiger partial charge in [-0.2, -0.15) is 0 Å². The molecule has 2 heterocycles. The Morgan fingerprint density at radius 2 is 1.71 bits per heavy atom. The minimum atomic E-state index is 0.480. The summed E-state index contributed by atoms with van der Waals surface area (Å²) in [5, 5.41) is 3.52. The number of nitrogens with zero attached hydrogens (tertiary/aromatic N) is 1. The molecule has 0 saturated carbocycles. The maximum Gasteiger partial charge on any atom is 0.105 e. The second-order valence-corrected chi connectivity index (χ2v) is 6.73. The minimum absolute atomic E-state index is 0.480. The van der Waals surface area contributed by atoms with Crippen LogP contribution in [0.15, 0.2) is 30.3 Å². The number of rotatable bonds is 4. The molecule has 0 spiro atoms. The van der Waals surface area contributed by atoms with Gasteiger partial charge in [0.25, 0.3) is 0 Å². The van der Waals surface area contributed by atoms with Gasteiger partial charge in [-0.25, -0.2) is 0 Å². The smallest absolute Gasteiger partial charge is 0.105 e. The average Bonchev–Trinajstić information content (AvgIpc) is 2.57. The van der Waals surface area contributed by atoms with Crippen LogP contribution in [0, 0.1) is 0 Å². The lowest BCUT2D eigenvalue weighted by Gasteiger charge is -2.50. The largest absolute Gasteiger partial charge is 0.381 e. The molecule has 3 heteroatoms. The molecule has 0 radical (unpaired) electrons. The van der Waals surface area contributed by atoms with Crippen LogP contribution in [-0.4, -0.2) is 49.9 Å². The van der Waals surface area contributed by atoms with Crippen LogP contribution < -0.4 is 5.32 Å². The summed E-state index contributed by atoms with van der Waals surface area (Å²) in [5.41, 5.74) is 1.49. The van der Waals surface area contributed by atoms with Crippen molar-refractivity contribution in [2.24, 2.45) is 0 Å². The normalized spacial score (nSPS) is 31.2. The summed E-state index contributed by atoms with van der Waals surface area (Å²) in [6, 6.07) is 11.9. The van der Waals surface area contributed by atoms with Gasteiger partial charge in [-0.1, -0.05) is 30.3 Å². The predicted octanol–water partition coefficient (Wildman–Crippen LogP) is 2.56. The summed E-state index contributed by atoms with van der Waals surface area (Å²) in [7, 11) is 1.87. The number of ether oxygens (including phenoxy) is 1. The molecule has 0 atom stereocenters. The molecule has 3 nitrogen and oxygen atoms in total. The highest BCUT2D eigenvalue weighted by atomic mass is 16.5. The molecule has 0 aromatic heterocycles. The molecule has 2 aliphatic heterocycles. The molecule has 1 aromatic carbocycles. The summed E-state index contributed by atoms with van der Waals surface area (Å²) >= 11 is 0. The van der Waals surface area contributed by atoms with E-state index >= 15 is 0 Å². The molecule has 0 amide bonds. The monoisotopic (exact) mass is 289 g/mol. The Morgan fingerprint density at radius 1 is 1.05 bits per heavy atom. The maximum absolute atomic E-state index is 5.60. The van der Waals surface area contributed by atoms with Crippen molar-refractivity contribution >= 4 is 0 Å². The number of quaternary nitrogens is 1. The first-order valence-electron chi connectivity index (χ1n) is 8.46. The number of nitrogens with one attached hydrogen (secondary N) is 1. The molecule has 116 valence electrons. The van der Waals surface area contributed by atoms with Crippen LogP contribution in [0.4, 0.5) is 0 Å². The van der Waals surface area contributed by atoms with E-state index in [2.05, 4.69) is 35.6 Å². The van der Waals surface area contributed by atoms with Crippen molar-refractivity contribution in [1.82, 2.24) is 5.32 Å².